The van der Waals surface area contributed by atoms with E-state index in [1.54, 1.807) is 4.57 Å². The van der Waals surface area contributed by atoms with Crippen LogP contribution in [0.2, 0.25) is 0 Å². The summed E-state index contributed by atoms with van der Waals surface area (Å²) in [6.07, 6.45) is 0.694. The van der Waals surface area contributed by atoms with Crippen molar-refractivity contribution in [2.75, 3.05) is 0 Å². The summed E-state index contributed by atoms with van der Waals surface area (Å²) in [6, 6.07) is 13.4. The third-order valence-corrected chi connectivity index (χ3v) is 5.64. The van der Waals surface area contributed by atoms with Gasteiger partial charge in [0, 0.05) is 6.42 Å². The maximum absolute atomic E-state index is 13.3. The SMILES string of the molecule is CCc1nc(CSc2nc3ccccc3c(=O)n2-c2cccc(C)c2C)no1. The van der Waals surface area contributed by atoms with Crippen LogP contribution >= 0.6 is 11.8 Å². The third kappa shape index (κ3) is 3.33. The standard InChI is InChI=1S/C21H20N4O2S/c1-4-19-23-18(24-27-19)12-28-21-22-16-10-6-5-9-15(16)20(26)25(21)17-11-7-8-13(2)14(17)3/h5-11H,4,12H2,1-3H3. The molecule has 0 unspecified atom stereocenters. The highest BCUT2D eigenvalue weighted by atomic mass is 32.2. The minimum absolute atomic E-state index is 0.0795. The van der Waals surface area contributed by atoms with E-state index in [9.17, 15) is 4.79 Å². The largest absolute Gasteiger partial charge is 0.339 e. The van der Waals surface area contributed by atoms with Crippen molar-refractivity contribution in [3.8, 4) is 5.69 Å². The number of aromatic nitrogens is 4. The Morgan fingerprint density at radius 2 is 1.89 bits per heavy atom. The molecule has 6 nitrogen and oxygen atoms in total. The zero-order chi connectivity index (χ0) is 19.7. The molecule has 7 heteroatoms. The number of fused-ring (bicyclic) bond motifs is 1. The van der Waals surface area contributed by atoms with Gasteiger partial charge in [-0.15, -0.1) is 0 Å². The lowest BCUT2D eigenvalue weighted by Gasteiger charge is -2.16. The van der Waals surface area contributed by atoms with E-state index in [1.165, 1.54) is 11.8 Å². The molecule has 0 aliphatic heterocycles. The maximum Gasteiger partial charge on any atom is 0.266 e. The lowest BCUT2D eigenvalue weighted by molar-refractivity contribution is 0.378. The number of hydrogen-bond acceptors (Lipinski definition) is 6. The molecule has 0 saturated heterocycles. The van der Waals surface area contributed by atoms with Crippen molar-refractivity contribution in [1.82, 2.24) is 19.7 Å². The van der Waals surface area contributed by atoms with Crippen molar-refractivity contribution in [2.45, 2.75) is 38.1 Å². The summed E-state index contributed by atoms with van der Waals surface area (Å²) in [5.41, 5.74) is 3.62. The zero-order valence-electron chi connectivity index (χ0n) is 16.0. The molecule has 0 fully saturated rings. The predicted octanol–water partition coefficient (Wildman–Crippen LogP) is 4.24. The summed E-state index contributed by atoms with van der Waals surface area (Å²) < 4.78 is 6.87. The Labute approximate surface area is 166 Å². The van der Waals surface area contributed by atoms with Gasteiger partial charge in [-0.1, -0.05) is 48.1 Å². The van der Waals surface area contributed by atoms with Gasteiger partial charge in [-0.3, -0.25) is 9.36 Å². The van der Waals surface area contributed by atoms with Crippen molar-refractivity contribution in [2.24, 2.45) is 0 Å². The summed E-state index contributed by atoms with van der Waals surface area (Å²) >= 11 is 1.43. The van der Waals surface area contributed by atoms with Crippen molar-refractivity contribution in [1.29, 1.82) is 0 Å². The van der Waals surface area contributed by atoms with Crippen LogP contribution < -0.4 is 5.56 Å². The van der Waals surface area contributed by atoms with E-state index in [2.05, 4.69) is 10.1 Å². The van der Waals surface area contributed by atoms with Gasteiger partial charge in [-0.25, -0.2) is 4.98 Å². The topological polar surface area (TPSA) is 73.8 Å². The van der Waals surface area contributed by atoms with Gasteiger partial charge < -0.3 is 4.52 Å². The van der Waals surface area contributed by atoms with E-state index in [0.717, 1.165) is 16.8 Å². The maximum atomic E-state index is 13.3. The summed E-state index contributed by atoms with van der Waals surface area (Å²) in [4.78, 5) is 22.4. The first-order valence-electron chi connectivity index (χ1n) is 9.11. The molecule has 0 N–H and O–H groups in total. The Hall–Kier alpha value is -2.93. The van der Waals surface area contributed by atoms with Gasteiger partial charge in [0.05, 0.1) is 22.3 Å². The molecule has 142 valence electrons. The van der Waals surface area contributed by atoms with Crippen LogP contribution in [0.1, 0.15) is 29.8 Å². The van der Waals surface area contributed by atoms with E-state index in [1.807, 2.05) is 63.2 Å². The Morgan fingerprint density at radius 3 is 2.68 bits per heavy atom. The molecule has 2 aromatic carbocycles. The number of para-hydroxylation sites is 1. The van der Waals surface area contributed by atoms with Gasteiger partial charge in [-0.05, 0) is 43.2 Å². The Kier molecular flexibility index (Phi) is 5.00. The van der Waals surface area contributed by atoms with Crippen LogP contribution in [0, 0.1) is 13.8 Å². The van der Waals surface area contributed by atoms with E-state index >= 15 is 0 Å². The minimum atomic E-state index is -0.0795. The normalized spacial score (nSPS) is 11.2. The van der Waals surface area contributed by atoms with E-state index in [-0.39, 0.29) is 5.56 Å². The molecular formula is C21H20N4O2S. The van der Waals surface area contributed by atoms with Crippen molar-refractivity contribution >= 4 is 22.7 Å². The fourth-order valence-electron chi connectivity index (χ4n) is 3.02. The highest BCUT2D eigenvalue weighted by Crippen LogP contribution is 2.26. The average molecular weight is 392 g/mol. The van der Waals surface area contributed by atoms with Crippen molar-refractivity contribution < 1.29 is 4.52 Å². The van der Waals surface area contributed by atoms with Crippen molar-refractivity contribution in [3.63, 3.8) is 0 Å². The smallest absolute Gasteiger partial charge is 0.266 e. The average Bonchev–Trinajstić information content (AvgIpc) is 3.17. The summed E-state index contributed by atoms with van der Waals surface area (Å²) in [5.74, 6) is 1.67. The first-order chi connectivity index (χ1) is 13.6. The first-order valence-corrected chi connectivity index (χ1v) is 10.1. The molecule has 2 aromatic heterocycles. The molecule has 4 rings (SSSR count). The van der Waals surface area contributed by atoms with Crippen LogP contribution in [-0.4, -0.2) is 19.7 Å². The van der Waals surface area contributed by atoms with Crippen LogP contribution in [-0.2, 0) is 12.2 Å². The molecule has 0 bridgehead atoms. The van der Waals surface area contributed by atoms with Crippen LogP contribution in [0.5, 0.6) is 0 Å². The molecular weight excluding hydrogens is 372 g/mol. The Morgan fingerprint density at radius 1 is 1.07 bits per heavy atom. The molecule has 2 heterocycles. The van der Waals surface area contributed by atoms with Crippen LogP contribution in [0.25, 0.3) is 16.6 Å². The fourth-order valence-corrected chi connectivity index (χ4v) is 3.87. The monoisotopic (exact) mass is 392 g/mol. The number of hydrogen-bond donors (Lipinski definition) is 0. The lowest BCUT2D eigenvalue weighted by Crippen LogP contribution is -2.22. The molecule has 0 aliphatic rings. The van der Waals surface area contributed by atoms with E-state index in [0.29, 0.717) is 39.9 Å². The molecule has 0 atom stereocenters. The molecule has 0 aliphatic carbocycles. The highest BCUT2D eigenvalue weighted by molar-refractivity contribution is 7.98. The lowest BCUT2D eigenvalue weighted by atomic mass is 10.1. The second-order valence-electron chi connectivity index (χ2n) is 6.52. The number of benzene rings is 2. The number of aryl methyl sites for hydroxylation is 2. The molecule has 0 radical (unpaired) electrons. The third-order valence-electron chi connectivity index (χ3n) is 4.70. The number of nitrogens with zero attached hydrogens (tertiary/aromatic N) is 4. The Bertz CT molecular complexity index is 1210. The summed E-state index contributed by atoms with van der Waals surface area (Å²) in [7, 11) is 0. The van der Waals surface area contributed by atoms with Gasteiger partial charge in [0.25, 0.3) is 5.56 Å². The fraction of sp³-hybridized carbons (Fsp3) is 0.238. The van der Waals surface area contributed by atoms with Gasteiger partial charge in [0.1, 0.15) is 0 Å². The second-order valence-corrected chi connectivity index (χ2v) is 7.46. The van der Waals surface area contributed by atoms with Gasteiger partial charge in [-0.2, -0.15) is 4.98 Å². The molecule has 0 spiro atoms. The van der Waals surface area contributed by atoms with Gasteiger partial charge in [0.15, 0.2) is 11.0 Å². The van der Waals surface area contributed by atoms with Crippen LogP contribution in [0.4, 0.5) is 0 Å². The van der Waals surface area contributed by atoms with E-state index in [4.69, 9.17) is 9.51 Å². The van der Waals surface area contributed by atoms with Gasteiger partial charge >= 0.3 is 0 Å². The molecule has 28 heavy (non-hydrogen) atoms. The summed E-state index contributed by atoms with van der Waals surface area (Å²) in [5, 5.41) is 5.21. The molecule has 4 aromatic rings. The number of thioether (sulfide) groups is 1. The number of rotatable bonds is 5. The van der Waals surface area contributed by atoms with Crippen LogP contribution in [0.15, 0.2) is 56.9 Å². The van der Waals surface area contributed by atoms with Gasteiger partial charge in [0.2, 0.25) is 5.89 Å². The minimum Gasteiger partial charge on any atom is -0.339 e. The predicted molar refractivity (Wildman–Crippen MR) is 110 cm³/mol. The van der Waals surface area contributed by atoms with Crippen LogP contribution in [0.3, 0.4) is 0 Å². The van der Waals surface area contributed by atoms with Crippen molar-refractivity contribution in [3.05, 3.63) is 75.7 Å². The molecule has 0 saturated carbocycles. The molecule has 0 amide bonds. The quantitative estimate of drug-likeness (QED) is 0.374. The Balaban J connectivity index is 1.86. The zero-order valence-corrected chi connectivity index (χ0v) is 16.8. The second kappa shape index (κ2) is 7.59. The summed E-state index contributed by atoms with van der Waals surface area (Å²) in [6.45, 7) is 6.03. The highest BCUT2D eigenvalue weighted by Gasteiger charge is 2.16. The first kappa shape index (κ1) is 18.4. The van der Waals surface area contributed by atoms with E-state index < -0.39 is 0 Å².